The molecule has 0 saturated carbocycles. The van der Waals surface area contributed by atoms with Gasteiger partial charge in [-0.2, -0.15) is 0 Å². The van der Waals surface area contributed by atoms with E-state index >= 15 is 0 Å². The van der Waals surface area contributed by atoms with Gasteiger partial charge in [0.15, 0.2) is 4.80 Å². The monoisotopic (exact) mass is 464 g/mol. The number of carbonyl (C=O) groups excluding carboxylic acids is 1. The number of thiazole rings is 1. The van der Waals surface area contributed by atoms with Gasteiger partial charge >= 0.3 is 5.97 Å². The molecule has 162 valence electrons. The first-order valence-corrected chi connectivity index (χ1v) is 11.8. The number of esters is 1. The number of carbonyl (C=O) groups is 1. The molecule has 2 aliphatic rings. The molecule has 6 nitrogen and oxygen atoms in total. The molecular formula is C24H20N2O4S2. The maximum Gasteiger partial charge on any atom is 0.338 e. The molecule has 1 aromatic carbocycles. The van der Waals surface area contributed by atoms with Crippen molar-refractivity contribution in [3.8, 4) is 5.75 Å². The van der Waals surface area contributed by atoms with Crippen LogP contribution in [0, 0.1) is 0 Å². The van der Waals surface area contributed by atoms with E-state index in [2.05, 4.69) is 4.99 Å². The highest BCUT2D eigenvalue weighted by Crippen LogP contribution is 2.33. The summed E-state index contributed by atoms with van der Waals surface area (Å²) in [7, 11) is 1.34. The van der Waals surface area contributed by atoms with Gasteiger partial charge in [0, 0.05) is 10.4 Å². The molecule has 2 unspecified atom stereocenters. The molecular weight excluding hydrogens is 444 g/mol. The minimum atomic E-state index is -0.560. The Morgan fingerprint density at radius 3 is 2.81 bits per heavy atom. The van der Waals surface area contributed by atoms with E-state index in [1.807, 2.05) is 60.9 Å². The molecule has 0 N–H and O–H groups in total. The number of hydrogen-bond donors (Lipinski definition) is 0. The molecule has 2 atom stereocenters. The van der Waals surface area contributed by atoms with Crippen LogP contribution in [0.3, 0.4) is 0 Å². The highest BCUT2D eigenvalue weighted by Gasteiger charge is 2.33. The number of para-hydroxylation sites is 1. The van der Waals surface area contributed by atoms with Crippen LogP contribution < -0.4 is 19.6 Å². The maximum absolute atomic E-state index is 13.6. The van der Waals surface area contributed by atoms with Crippen LogP contribution in [-0.4, -0.2) is 23.8 Å². The molecule has 0 bridgehead atoms. The highest BCUT2D eigenvalue weighted by atomic mass is 32.1. The molecule has 0 radical (unpaired) electrons. The van der Waals surface area contributed by atoms with Gasteiger partial charge in [0.25, 0.3) is 5.56 Å². The summed E-state index contributed by atoms with van der Waals surface area (Å²) in [5.41, 5.74) is 2.64. The van der Waals surface area contributed by atoms with Crippen molar-refractivity contribution in [3.63, 3.8) is 0 Å². The molecule has 0 aliphatic carbocycles. The number of benzene rings is 1. The Bertz CT molecular complexity index is 1460. The van der Waals surface area contributed by atoms with Crippen LogP contribution in [0.4, 0.5) is 0 Å². The molecule has 2 aliphatic heterocycles. The molecule has 0 amide bonds. The molecule has 3 aromatic rings. The van der Waals surface area contributed by atoms with E-state index in [0.717, 1.165) is 21.8 Å². The van der Waals surface area contributed by atoms with E-state index in [4.69, 9.17) is 9.47 Å². The van der Waals surface area contributed by atoms with Gasteiger partial charge in [0.05, 0.1) is 22.9 Å². The first-order valence-electron chi connectivity index (χ1n) is 10.1. The van der Waals surface area contributed by atoms with Crippen molar-refractivity contribution >= 4 is 40.8 Å². The number of aromatic nitrogens is 1. The summed E-state index contributed by atoms with van der Waals surface area (Å²) in [5, 5.41) is 1.93. The summed E-state index contributed by atoms with van der Waals surface area (Å²) in [6.07, 6.45) is 3.72. The Morgan fingerprint density at radius 2 is 2.06 bits per heavy atom. The lowest BCUT2D eigenvalue weighted by atomic mass is 10.0. The average molecular weight is 465 g/mol. The molecule has 5 rings (SSSR count). The third kappa shape index (κ3) is 3.36. The molecule has 4 heterocycles. The van der Waals surface area contributed by atoms with E-state index in [9.17, 15) is 9.59 Å². The number of rotatable bonds is 3. The summed E-state index contributed by atoms with van der Waals surface area (Å²) >= 11 is 2.81. The minimum absolute atomic E-state index is 0.187. The van der Waals surface area contributed by atoms with E-state index in [1.165, 1.54) is 29.8 Å². The smallest absolute Gasteiger partial charge is 0.338 e. The van der Waals surface area contributed by atoms with Crippen molar-refractivity contribution in [1.29, 1.82) is 0 Å². The normalized spacial score (nSPS) is 20.1. The number of hydrogen-bond acceptors (Lipinski definition) is 7. The Balaban J connectivity index is 1.70. The quantitative estimate of drug-likeness (QED) is 0.558. The molecule has 32 heavy (non-hydrogen) atoms. The lowest BCUT2D eigenvalue weighted by Crippen LogP contribution is -2.39. The Hall–Kier alpha value is -3.23. The Kier molecular flexibility index (Phi) is 5.19. The number of nitrogens with zero attached hydrogens (tertiary/aromatic N) is 2. The maximum atomic E-state index is 13.6. The van der Waals surface area contributed by atoms with Crippen LogP contribution >= 0.6 is 22.7 Å². The second-order valence-electron chi connectivity index (χ2n) is 7.53. The summed E-state index contributed by atoms with van der Waals surface area (Å²) in [4.78, 5) is 32.2. The van der Waals surface area contributed by atoms with Crippen LogP contribution in [0.2, 0.25) is 0 Å². The van der Waals surface area contributed by atoms with Crippen LogP contribution in [0.25, 0.3) is 12.2 Å². The zero-order chi connectivity index (χ0) is 22.4. The summed E-state index contributed by atoms with van der Waals surface area (Å²) < 4.78 is 13.2. The number of ether oxygens (including phenoxy) is 2. The van der Waals surface area contributed by atoms with Crippen molar-refractivity contribution in [2.75, 3.05) is 7.11 Å². The standard InChI is InChI=1S/C24H20N2O4S2/c1-13-20(23(28)29-3)21(18-9-6-10-31-18)26-22(27)19(32-24(26)25-13)12-16-11-15-7-4-5-8-17(15)30-14(16)2/h4-12,14,21H,1-3H3. The zero-order valence-corrected chi connectivity index (χ0v) is 19.3. The molecule has 8 heteroatoms. The van der Waals surface area contributed by atoms with Crippen molar-refractivity contribution in [2.24, 2.45) is 4.99 Å². The molecule has 0 spiro atoms. The second kappa shape index (κ2) is 8.03. The van der Waals surface area contributed by atoms with Crippen LogP contribution in [0.1, 0.15) is 30.3 Å². The van der Waals surface area contributed by atoms with Crippen LogP contribution in [-0.2, 0) is 9.53 Å². The van der Waals surface area contributed by atoms with Crippen molar-refractivity contribution in [1.82, 2.24) is 4.57 Å². The molecule has 0 fully saturated rings. The fourth-order valence-corrected chi connectivity index (χ4v) is 5.85. The summed E-state index contributed by atoms with van der Waals surface area (Å²) in [6.45, 7) is 3.74. The third-order valence-corrected chi connectivity index (χ3v) is 7.46. The first kappa shape index (κ1) is 20.7. The third-order valence-electron chi connectivity index (χ3n) is 5.55. The SMILES string of the molecule is COC(=O)C1=C(C)N=c2sc(=CC3=Cc4ccccc4OC3C)c(=O)n2C1c1cccs1. The zero-order valence-electron chi connectivity index (χ0n) is 17.7. The second-order valence-corrected chi connectivity index (χ2v) is 9.52. The Morgan fingerprint density at radius 1 is 1.25 bits per heavy atom. The minimum Gasteiger partial charge on any atom is -0.485 e. The summed E-state index contributed by atoms with van der Waals surface area (Å²) in [5.74, 6) is 0.349. The van der Waals surface area contributed by atoms with Crippen molar-refractivity contribution < 1.29 is 14.3 Å². The Labute approximate surface area is 192 Å². The largest absolute Gasteiger partial charge is 0.485 e. The van der Waals surface area contributed by atoms with Gasteiger partial charge in [-0.1, -0.05) is 35.6 Å². The predicted octanol–water partition coefficient (Wildman–Crippen LogP) is 3.29. The van der Waals surface area contributed by atoms with Gasteiger partial charge in [0.1, 0.15) is 17.9 Å². The van der Waals surface area contributed by atoms with Crippen LogP contribution in [0.15, 0.2) is 68.4 Å². The fraction of sp³-hybridized carbons (Fsp3) is 0.208. The topological polar surface area (TPSA) is 69.9 Å². The van der Waals surface area contributed by atoms with Crippen LogP contribution in [0.5, 0.6) is 5.75 Å². The number of allylic oxidation sites excluding steroid dienone is 1. The van der Waals surface area contributed by atoms with E-state index < -0.39 is 12.0 Å². The molecule has 0 saturated heterocycles. The first-order chi connectivity index (χ1) is 15.5. The van der Waals surface area contributed by atoms with E-state index in [1.54, 1.807) is 11.5 Å². The van der Waals surface area contributed by atoms with Gasteiger partial charge in [-0.3, -0.25) is 9.36 Å². The fourth-order valence-electron chi connectivity index (χ4n) is 3.98. The van der Waals surface area contributed by atoms with E-state index in [-0.39, 0.29) is 11.7 Å². The lowest BCUT2D eigenvalue weighted by Gasteiger charge is -2.23. The van der Waals surface area contributed by atoms with Gasteiger partial charge in [-0.25, -0.2) is 9.79 Å². The average Bonchev–Trinajstić information content (AvgIpc) is 3.41. The van der Waals surface area contributed by atoms with E-state index in [0.29, 0.717) is 20.6 Å². The number of fused-ring (bicyclic) bond motifs is 2. The van der Waals surface area contributed by atoms with Gasteiger partial charge < -0.3 is 9.47 Å². The number of methoxy groups -OCH3 is 1. The highest BCUT2D eigenvalue weighted by molar-refractivity contribution is 7.10. The van der Waals surface area contributed by atoms with Gasteiger partial charge in [-0.15, -0.1) is 11.3 Å². The molecule has 2 aromatic heterocycles. The summed E-state index contributed by atoms with van der Waals surface area (Å²) in [6, 6.07) is 11.1. The lowest BCUT2D eigenvalue weighted by molar-refractivity contribution is -0.136. The number of thiophene rings is 1. The van der Waals surface area contributed by atoms with Gasteiger partial charge in [-0.05, 0) is 49.1 Å². The van der Waals surface area contributed by atoms with Crippen molar-refractivity contribution in [2.45, 2.75) is 26.0 Å². The van der Waals surface area contributed by atoms with Crippen molar-refractivity contribution in [3.05, 3.63) is 88.7 Å². The van der Waals surface area contributed by atoms with Gasteiger partial charge in [0.2, 0.25) is 0 Å². The predicted molar refractivity (Wildman–Crippen MR) is 126 cm³/mol.